The molecule has 0 saturated heterocycles. The van der Waals surface area contributed by atoms with Crippen LogP contribution in [0.1, 0.15) is 23.6 Å². The minimum atomic E-state index is 0.218. The second-order valence-corrected chi connectivity index (χ2v) is 6.26. The van der Waals surface area contributed by atoms with Gasteiger partial charge >= 0.3 is 0 Å². The summed E-state index contributed by atoms with van der Waals surface area (Å²) in [5.74, 6) is 0. The summed E-state index contributed by atoms with van der Waals surface area (Å²) < 4.78 is 0. The molecule has 1 aliphatic rings. The van der Waals surface area contributed by atoms with Crippen molar-refractivity contribution in [2.24, 2.45) is 0 Å². The van der Waals surface area contributed by atoms with Crippen molar-refractivity contribution >= 4 is 5.69 Å². The lowest BCUT2D eigenvalue weighted by Crippen LogP contribution is -2.28. The zero-order valence-electron chi connectivity index (χ0n) is 14.8. The molecule has 1 aliphatic carbocycles. The molecule has 0 fully saturated rings. The minimum absolute atomic E-state index is 0.218. The van der Waals surface area contributed by atoms with Crippen LogP contribution in [0, 0.1) is 6.92 Å². The number of allylic oxidation sites excluding steroid dienone is 4. The molecule has 0 radical (unpaired) electrons. The Bertz CT molecular complexity index is 757. The van der Waals surface area contributed by atoms with Gasteiger partial charge in [0.25, 0.3) is 0 Å². The maximum absolute atomic E-state index is 3.73. The van der Waals surface area contributed by atoms with E-state index in [1.165, 1.54) is 16.7 Å². The average Bonchev–Trinajstić information content (AvgIpc) is 2.93. The Kier molecular flexibility index (Phi) is 6.24. The average molecular weight is 330 g/mol. The fourth-order valence-corrected chi connectivity index (χ4v) is 3.11. The standard InChI is InChI=1S/C23H26N2/c1-19-11-9-10-16-22(19)23(20-12-5-2-3-6-13-20)25-18-17-24-21-14-7-4-8-15-21/h2-5,7-16,23-25H,6,17-18H2,1H3. The fraction of sp³-hybridized carbons (Fsp3) is 0.217. The third-order valence-electron chi connectivity index (χ3n) is 4.43. The van der Waals surface area contributed by atoms with E-state index in [0.29, 0.717) is 0 Å². The van der Waals surface area contributed by atoms with Crippen LogP contribution >= 0.6 is 0 Å². The molecular weight excluding hydrogens is 304 g/mol. The van der Waals surface area contributed by atoms with E-state index in [2.05, 4.69) is 96.5 Å². The highest BCUT2D eigenvalue weighted by atomic mass is 15.0. The Hall–Kier alpha value is -2.58. The second kappa shape index (κ2) is 9.05. The lowest BCUT2D eigenvalue weighted by Gasteiger charge is -2.23. The van der Waals surface area contributed by atoms with Gasteiger partial charge in [0.15, 0.2) is 0 Å². The summed E-state index contributed by atoms with van der Waals surface area (Å²) in [6.45, 7) is 3.97. The lowest BCUT2D eigenvalue weighted by atomic mass is 9.94. The first-order valence-corrected chi connectivity index (χ1v) is 8.96. The van der Waals surface area contributed by atoms with Crippen LogP contribution in [-0.2, 0) is 0 Å². The van der Waals surface area contributed by atoms with Crippen molar-refractivity contribution in [1.82, 2.24) is 5.32 Å². The molecule has 0 aromatic heterocycles. The molecule has 2 N–H and O–H groups in total. The van der Waals surface area contributed by atoms with E-state index in [9.17, 15) is 0 Å². The van der Waals surface area contributed by atoms with E-state index in [0.717, 1.165) is 25.2 Å². The van der Waals surface area contributed by atoms with Crippen molar-refractivity contribution in [3.05, 3.63) is 102 Å². The highest BCUT2D eigenvalue weighted by Crippen LogP contribution is 2.26. The maximum Gasteiger partial charge on any atom is 0.0576 e. The van der Waals surface area contributed by atoms with Gasteiger partial charge in [-0.05, 0) is 42.2 Å². The zero-order valence-corrected chi connectivity index (χ0v) is 14.8. The summed E-state index contributed by atoms with van der Waals surface area (Å²) in [5.41, 5.74) is 5.16. The first-order valence-electron chi connectivity index (χ1n) is 8.96. The van der Waals surface area contributed by atoms with E-state index in [1.807, 2.05) is 6.07 Å². The number of hydrogen-bond donors (Lipinski definition) is 2. The lowest BCUT2D eigenvalue weighted by molar-refractivity contribution is 0.614. The number of para-hydroxylation sites is 1. The van der Waals surface area contributed by atoms with Gasteiger partial charge in [0.2, 0.25) is 0 Å². The third kappa shape index (κ3) is 4.94. The maximum atomic E-state index is 3.73. The van der Waals surface area contributed by atoms with Crippen LogP contribution in [0.3, 0.4) is 0 Å². The van der Waals surface area contributed by atoms with Crippen LogP contribution in [0.5, 0.6) is 0 Å². The van der Waals surface area contributed by atoms with Gasteiger partial charge in [-0.1, -0.05) is 72.8 Å². The first-order chi connectivity index (χ1) is 12.3. The van der Waals surface area contributed by atoms with E-state index >= 15 is 0 Å². The fourth-order valence-electron chi connectivity index (χ4n) is 3.11. The molecule has 0 spiro atoms. The molecule has 2 heteroatoms. The SMILES string of the molecule is Cc1ccccc1C(NCCNc1ccccc1)C1=CCC=CC=C1. The minimum Gasteiger partial charge on any atom is -0.384 e. The van der Waals surface area contributed by atoms with E-state index in [1.54, 1.807) is 0 Å². The monoisotopic (exact) mass is 330 g/mol. The van der Waals surface area contributed by atoms with Gasteiger partial charge in [-0.15, -0.1) is 0 Å². The summed E-state index contributed by atoms with van der Waals surface area (Å²) in [5, 5.41) is 7.20. The number of rotatable bonds is 7. The molecule has 0 saturated carbocycles. The predicted octanol–water partition coefficient (Wildman–Crippen LogP) is 5.18. The van der Waals surface area contributed by atoms with Crippen molar-refractivity contribution < 1.29 is 0 Å². The molecule has 2 aromatic rings. The van der Waals surface area contributed by atoms with Crippen LogP contribution in [-0.4, -0.2) is 13.1 Å². The topological polar surface area (TPSA) is 24.1 Å². The first kappa shape index (κ1) is 17.2. The van der Waals surface area contributed by atoms with Gasteiger partial charge in [-0.2, -0.15) is 0 Å². The molecule has 2 aromatic carbocycles. The third-order valence-corrected chi connectivity index (χ3v) is 4.43. The summed E-state index contributed by atoms with van der Waals surface area (Å²) >= 11 is 0. The van der Waals surface area contributed by atoms with Crippen molar-refractivity contribution in [2.45, 2.75) is 19.4 Å². The van der Waals surface area contributed by atoms with Crippen LogP contribution in [0.2, 0.25) is 0 Å². The predicted molar refractivity (Wildman–Crippen MR) is 108 cm³/mol. The van der Waals surface area contributed by atoms with Crippen LogP contribution in [0.15, 0.2) is 90.6 Å². The number of anilines is 1. The smallest absolute Gasteiger partial charge is 0.0576 e. The largest absolute Gasteiger partial charge is 0.384 e. The Morgan fingerprint density at radius 1 is 0.920 bits per heavy atom. The molecule has 25 heavy (non-hydrogen) atoms. The van der Waals surface area contributed by atoms with Gasteiger partial charge in [0.05, 0.1) is 6.04 Å². The van der Waals surface area contributed by atoms with Crippen LogP contribution in [0.25, 0.3) is 0 Å². The van der Waals surface area contributed by atoms with E-state index < -0.39 is 0 Å². The zero-order chi connectivity index (χ0) is 17.3. The Labute approximate surface area is 151 Å². The molecule has 0 amide bonds. The Balaban J connectivity index is 1.68. The van der Waals surface area contributed by atoms with Gasteiger partial charge in [-0.25, -0.2) is 0 Å². The summed E-state index contributed by atoms with van der Waals surface area (Å²) in [6.07, 6.45) is 12.0. The molecular formula is C23H26N2. The number of nitrogens with one attached hydrogen (secondary N) is 2. The van der Waals surface area contributed by atoms with Crippen LogP contribution < -0.4 is 10.6 Å². The van der Waals surface area contributed by atoms with Crippen molar-refractivity contribution in [3.8, 4) is 0 Å². The van der Waals surface area contributed by atoms with Crippen molar-refractivity contribution in [1.29, 1.82) is 0 Å². The normalized spacial score (nSPS) is 14.7. The molecule has 3 rings (SSSR count). The van der Waals surface area contributed by atoms with Crippen molar-refractivity contribution in [3.63, 3.8) is 0 Å². The Morgan fingerprint density at radius 3 is 2.56 bits per heavy atom. The number of aryl methyl sites for hydroxylation is 1. The number of hydrogen-bond acceptors (Lipinski definition) is 2. The highest BCUT2D eigenvalue weighted by Gasteiger charge is 2.16. The molecule has 0 aliphatic heterocycles. The summed E-state index contributed by atoms with van der Waals surface area (Å²) in [7, 11) is 0. The van der Waals surface area contributed by atoms with Gasteiger partial charge < -0.3 is 10.6 Å². The molecule has 0 heterocycles. The summed E-state index contributed by atoms with van der Waals surface area (Å²) in [6, 6.07) is 19.2. The number of benzene rings is 2. The van der Waals surface area contributed by atoms with Gasteiger partial charge in [0.1, 0.15) is 0 Å². The molecule has 1 unspecified atom stereocenters. The molecule has 128 valence electrons. The van der Waals surface area contributed by atoms with Crippen molar-refractivity contribution in [2.75, 3.05) is 18.4 Å². The van der Waals surface area contributed by atoms with Crippen LogP contribution in [0.4, 0.5) is 5.69 Å². The van der Waals surface area contributed by atoms with E-state index in [-0.39, 0.29) is 6.04 Å². The summed E-state index contributed by atoms with van der Waals surface area (Å²) in [4.78, 5) is 0. The Morgan fingerprint density at radius 2 is 1.72 bits per heavy atom. The van der Waals surface area contributed by atoms with Gasteiger partial charge in [-0.3, -0.25) is 0 Å². The second-order valence-electron chi connectivity index (χ2n) is 6.26. The van der Waals surface area contributed by atoms with Gasteiger partial charge in [0, 0.05) is 18.8 Å². The molecule has 1 atom stereocenters. The quantitative estimate of drug-likeness (QED) is 0.684. The highest BCUT2D eigenvalue weighted by molar-refractivity contribution is 5.43. The molecule has 0 bridgehead atoms. The molecule has 2 nitrogen and oxygen atoms in total. The van der Waals surface area contributed by atoms with E-state index in [4.69, 9.17) is 0 Å².